The molecular weight excluding hydrogens is 383 g/mol. The first-order chi connectivity index (χ1) is 14.0. The van der Waals surface area contributed by atoms with Crippen LogP contribution in [0.3, 0.4) is 0 Å². The number of thiophene rings is 1. The molecule has 0 saturated carbocycles. The van der Waals surface area contributed by atoms with E-state index in [1.807, 2.05) is 0 Å². The normalized spacial score (nSPS) is 25.1. The number of amides is 1. The highest BCUT2D eigenvalue weighted by molar-refractivity contribution is 7.12. The average molecular weight is 415 g/mol. The van der Waals surface area contributed by atoms with E-state index in [4.69, 9.17) is 0 Å². The monoisotopic (exact) mass is 414 g/mol. The summed E-state index contributed by atoms with van der Waals surface area (Å²) in [5.74, 6) is 0.573. The van der Waals surface area contributed by atoms with Crippen LogP contribution in [0.4, 0.5) is 4.39 Å². The number of rotatable bonds is 7. The molecule has 2 bridgehead atoms. The Balaban J connectivity index is 1.40. The lowest BCUT2D eigenvalue weighted by atomic mass is 9.92. The highest BCUT2D eigenvalue weighted by atomic mass is 32.1. The van der Waals surface area contributed by atoms with Gasteiger partial charge in [0, 0.05) is 28.4 Å². The first-order valence-electron chi connectivity index (χ1n) is 10.8. The van der Waals surface area contributed by atoms with E-state index in [2.05, 4.69) is 36.2 Å². The minimum atomic E-state index is -0.272. The molecular formula is C24H31FN2OS. The van der Waals surface area contributed by atoms with Gasteiger partial charge in [0.05, 0.1) is 12.5 Å². The van der Waals surface area contributed by atoms with Crippen molar-refractivity contribution < 1.29 is 9.18 Å². The number of benzene rings is 1. The van der Waals surface area contributed by atoms with Crippen molar-refractivity contribution in [1.82, 2.24) is 10.2 Å². The molecule has 3 nitrogen and oxygen atoms in total. The highest BCUT2D eigenvalue weighted by Gasteiger charge is 2.39. The molecule has 1 amide bonds. The lowest BCUT2D eigenvalue weighted by Gasteiger charge is -2.38. The third kappa shape index (κ3) is 5.07. The molecule has 2 unspecified atom stereocenters. The predicted molar refractivity (Wildman–Crippen MR) is 117 cm³/mol. The van der Waals surface area contributed by atoms with Gasteiger partial charge in [-0.3, -0.25) is 9.69 Å². The zero-order valence-electron chi connectivity index (χ0n) is 17.4. The van der Waals surface area contributed by atoms with E-state index in [9.17, 15) is 9.18 Å². The van der Waals surface area contributed by atoms with Gasteiger partial charge in [-0.1, -0.05) is 19.1 Å². The van der Waals surface area contributed by atoms with Crippen molar-refractivity contribution in [2.24, 2.45) is 5.92 Å². The lowest BCUT2D eigenvalue weighted by molar-refractivity contribution is -0.121. The zero-order valence-corrected chi connectivity index (χ0v) is 18.2. The van der Waals surface area contributed by atoms with Crippen molar-refractivity contribution in [3.63, 3.8) is 0 Å². The van der Waals surface area contributed by atoms with Crippen molar-refractivity contribution in [2.45, 2.75) is 70.5 Å². The third-order valence-corrected chi connectivity index (χ3v) is 7.63. The van der Waals surface area contributed by atoms with Crippen LogP contribution in [0.15, 0.2) is 36.4 Å². The number of nitrogens with one attached hydrogen (secondary N) is 1. The molecule has 2 aromatic rings. The first kappa shape index (κ1) is 20.5. The maximum atomic E-state index is 13.1. The maximum absolute atomic E-state index is 13.1. The summed E-state index contributed by atoms with van der Waals surface area (Å²) in [6.07, 6.45) is 6.51. The minimum absolute atomic E-state index is 0.00268. The van der Waals surface area contributed by atoms with Gasteiger partial charge < -0.3 is 5.32 Å². The van der Waals surface area contributed by atoms with Gasteiger partial charge in [0.1, 0.15) is 5.82 Å². The number of carbonyl (C=O) groups excluding carboxylic acids is 1. The molecule has 4 rings (SSSR count). The molecule has 0 radical (unpaired) electrons. The molecule has 0 aliphatic carbocycles. The van der Waals surface area contributed by atoms with Crippen molar-refractivity contribution >= 4 is 17.2 Å². The van der Waals surface area contributed by atoms with Gasteiger partial charge in [-0.25, -0.2) is 4.39 Å². The highest BCUT2D eigenvalue weighted by Crippen LogP contribution is 2.39. The number of piperidine rings is 1. The third-order valence-electron chi connectivity index (χ3n) is 6.51. The second-order valence-electron chi connectivity index (χ2n) is 8.86. The molecule has 3 atom stereocenters. The van der Waals surface area contributed by atoms with Gasteiger partial charge in [0.2, 0.25) is 5.91 Å². The van der Waals surface area contributed by atoms with Gasteiger partial charge in [-0.15, -0.1) is 11.3 Å². The Bertz CT molecular complexity index is 820. The molecule has 29 heavy (non-hydrogen) atoms. The van der Waals surface area contributed by atoms with Gasteiger partial charge in [-0.2, -0.15) is 0 Å². The quantitative estimate of drug-likeness (QED) is 0.671. The Morgan fingerprint density at radius 2 is 1.86 bits per heavy atom. The second kappa shape index (κ2) is 8.97. The molecule has 2 saturated heterocycles. The van der Waals surface area contributed by atoms with Gasteiger partial charge in [0.25, 0.3) is 0 Å². The summed E-state index contributed by atoms with van der Waals surface area (Å²) in [7, 11) is 0. The molecule has 2 aliphatic rings. The summed E-state index contributed by atoms with van der Waals surface area (Å²) in [6, 6.07) is 12.0. The van der Waals surface area contributed by atoms with Crippen molar-refractivity contribution in [2.75, 3.05) is 6.54 Å². The average Bonchev–Trinajstić information content (AvgIpc) is 3.21. The summed E-state index contributed by atoms with van der Waals surface area (Å²) in [5, 5.41) is 3.26. The predicted octanol–water partition coefficient (Wildman–Crippen LogP) is 5.25. The Hall–Kier alpha value is -1.72. The fourth-order valence-corrected chi connectivity index (χ4v) is 6.11. The van der Waals surface area contributed by atoms with E-state index in [1.165, 1.54) is 47.6 Å². The van der Waals surface area contributed by atoms with E-state index < -0.39 is 0 Å². The smallest absolute Gasteiger partial charge is 0.224 e. The van der Waals surface area contributed by atoms with Gasteiger partial charge >= 0.3 is 0 Å². The Morgan fingerprint density at radius 1 is 1.17 bits per heavy atom. The number of hydrogen-bond acceptors (Lipinski definition) is 3. The lowest BCUT2D eigenvalue weighted by Crippen LogP contribution is -2.44. The summed E-state index contributed by atoms with van der Waals surface area (Å²) in [4.78, 5) is 17.9. The van der Waals surface area contributed by atoms with Crippen molar-refractivity contribution in [3.8, 4) is 0 Å². The Morgan fingerprint density at radius 3 is 2.48 bits per heavy atom. The number of fused-ring (bicyclic) bond motifs is 2. The SMILES string of the molecule is Cc1ccc([C@H](CCN2C3CCC2CC(C)C3)NC(=O)Cc2ccc(F)cc2)s1. The number of nitrogens with zero attached hydrogens (tertiary/aromatic N) is 1. The minimum Gasteiger partial charge on any atom is -0.348 e. The maximum Gasteiger partial charge on any atom is 0.224 e. The Kier molecular flexibility index (Phi) is 6.35. The number of carbonyl (C=O) groups is 1. The fraction of sp³-hybridized carbons (Fsp3) is 0.542. The number of hydrogen-bond donors (Lipinski definition) is 1. The molecule has 2 fully saturated rings. The van der Waals surface area contributed by atoms with Crippen LogP contribution >= 0.6 is 11.3 Å². The standard InChI is InChI=1S/C24H31FN2OS/c1-16-13-20-8-9-21(14-16)27(20)12-11-22(23-10-3-17(2)29-23)26-24(28)15-18-4-6-19(25)7-5-18/h3-7,10,16,20-22H,8-9,11-15H2,1-2H3,(H,26,28)/t16?,20?,21?,22-/m0/s1. The molecule has 2 aliphatic heterocycles. The number of aryl methyl sites for hydroxylation is 1. The van der Waals surface area contributed by atoms with Crippen LogP contribution in [0.5, 0.6) is 0 Å². The molecule has 5 heteroatoms. The van der Waals surface area contributed by atoms with Crippen LogP contribution in [0.25, 0.3) is 0 Å². The second-order valence-corrected chi connectivity index (χ2v) is 10.2. The van der Waals surface area contributed by atoms with Gasteiger partial charge in [0.15, 0.2) is 0 Å². The van der Waals surface area contributed by atoms with Crippen LogP contribution in [-0.2, 0) is 11.2 Å². The summed E-state index contributed by atoms with van der Waals surface area (Å²) >= 11 is 1.77. The van der Waals surface area contributed by atoms with Crippen LogP contribution in [0.1, 0.15) is 60.4 Å². The van der Waals surface area contributed by atoms with E-state index in [1.54, 1.807) is 23.5 Å². The van der Waals surface area contributed by atoms with E-state index in [0.29, 0.717) is 0 Å². The molecule has 156 valence electrons. The molecule has 1 N–H and O–H groups in total. The van der Waals surface area contributed by atoms with E-state index in [-0.39, 0.29) is 24.2 Å². The zero-order chi connectivity index (χ0) is 20.4. The fourth-order valence-electron chi connectivity index (χ4n) is 5.15. The van der Waals surface area contributed by atoms with Gasteiger partial charge in [-0.05, 0) is 74.8 Å². The molecule has 1 aromatic carbocycles. The van der Waals surface area contributed by atoms with E-state index in [0.717, 1.165) is 36.5 Å². The van der Waals surface area contributed by atoms with Crippen LogP contribution < -0.4 is 5.32 Å². The van der Waals surface area contributed by atoms with Crippen molar-refractivity contribution in [3.05, 3.63) is 57.5 Å². The molecule has 1 aromatic heterocycles. The molecule has 3 heterocycles. The number of halogens is 1. The summed E-state index contributed by atoms with van der Waals surface area (Å²) in [6.45, 7) is 5.54. The summed E-state index contributed by atoms with van der Waals surface area (Å²) in [5.41, 5.74) is 0.841. The van der Waals surface area contributed by atoms with E-state index >= 15 is 0 Å². The van der Waals surface area contributed by atoms with Crippen LogP contribution in [-0.4, -0.2) is 29.4 Å². The van der Waals surface area contributed by atoms with Crippen LogP contribution in [0, 0.1) is 18.7 Å². The Labute approximate surface area is 177 Å². The first-order valence-corrected chi connectivity index (χ1v) is 11.7. The molecule has 0 spiro atoms. The van der Waals surface area contributed by atoms with Crippen LogP contribution in [0.2, 0.25) is 0 Å². The topological polar surface area (TPSA) is 32.3 Å². The van der Waals surface area contributed by atoms with Crippen molar-refractivity contribution in [1.29, 1.82) is 0 Å². The summed E-state index contributed by atoms with van der Waals surface area (Å²) < 4.78 is 13.1. The largest absolute Gasteiger partial charge is 0.348 e.